The number of para-hydroxylation sites is 1. The van der Waals surface area contributed by atoms with Crippen molar-refractivity contribution < 1.29 is 9.53 Å². The number of aromatic nitrogens is 1. The van der Waals surface area contributed by atoms with Gasteiger partial charge in [-0.25, -0.2) is 0 Å². The van der Waals surface area contributed by atoms with Gasteiger partial charge in [0.05, 0.1) is 25.3 Å². The zero-order chi connectivity index (χ0) is 18.6. The number of amides is 1. The average Bonchev–Trinajstić information content (AvgIpc) is 2.96. The normalized spacial score (nSPS) is 15.1. The molecule has 1 aliphatic heterocycles. The van der Waals surface area contributed by atoms with Crippen LogP contribution >= 0.6 is 0 Å². The van der Waals surface area contributed by atoms with Crippen molar-refractivity contribution in [2.45, 2.75) is 13.5 Å². The van der Waals surface area contributed by atoms with Crippen molar-refractivity contribution in [3.63, 3.8) is 0 Å². The Kier molecular flexibility index (Phi) is 5.23. The third-order valence-corrected chi connectivity index (χ3v) is 5.14. The summed E-state index contributed by atoms with van der Waals surface area (Å²) in [5, 5.41) is 4.35. The molecule has 1 aromatic heterocycles. The van der Waals surface area contributed by atoms with Gasteiger partial charge in [-0.1, -0.05) is 48.5 Å². The zero-order valence-corrected chi connectivity index (χ0v) is 15.6. The predicted octanol–water partition coefficient (Wildman–Crippen LogP) is 3.27. The Morgan fingerprint density at radius 2 is 1.74 bits per heavy atom. The summed E-state index contributed by atoms with van der Waals surface area (Å²) in [5.41, 5.74) is 3.46. The summed E-state index contributed by atoms with van der Waals surface area (Å²) >= 11 is 0. The topological polar surface area (TPSA) is 46.5 Å². The highest BCUT2D eigenvalue weighted by molar-refractivity contribution is 5.98. The number of carbonyl (C=O) groups is 1. The summed E-state index contributed by atoms with van der Waals surface area (Å²) in [4.78, 5) is 14.8. The molecular weight excluding hydrogens is 338 g/mol. The van der Waals surface area contributed by atoms with Crippen molar-refractivity contribution in [3.05, 3.63) is 65.7 Å². The summed E-state index contributed by atoms with van der Waals surface area (Å²) in [5.74, 6) is 0.912. The number of aryl methyl sites for hydroxylation is 1. The molecule has 1 N–H and O–H groups in total. The maximum absolute atomic E-state index is 12.7. The molecule has 140 valence electrons. The smallest absolute Gasteiger partial charge is 0.239 e. The molecular formula is C22H25N3O2. The zero-order valence-electron chi connectivity index (χ0n) is 15.6. The van der Waals surface area contributed by atoms with E-state index >= 15 is 0 Å². The minimum Gasteiger partial charge on any atom is -0.379 e. The fourth-order valence-electron chi connectivity index (χ4n) is 3.70. The van der Waals surface area contributed by atoms with Gasteiger partial charge in [-0.15, -0.1) is 0 Å². The number of carbonyl (C=O) groups excluding carboxylic acids is 1. The molecule has 1 amide bonds. The Hall–Kier alpha value is -2.63. The van der Waals surface area contributed by atoms with Gasteiger partial charge in [0, 0.05) is 25.0 Å². The molecule has 3 aromatic rings. The van der Waals surface area contributed by atoms with Gasteiger partial charge in [0.25, 0.3) is 0 Å². The Bertz CT molecular complexity index is 927. The van der Waals surface area contributed by atoms with Crippen molar-refractivity contribution in [2.75, 3.05) is 38.2 Å². The van der Waals surface area contributed by atoms with Crippen LogP contribution in [0.4, 0.5) is 5.82 Å². The predicted molar refractivity (Wildman–Crippen MR) is 108 cm³/mol. The van der Waals surface area contributed by atoms with Gasteiger partial charge >= 0.3 is 0 Å². The number of fused-ring (bicyclic) bond motifs is 1. The van der Waals surface area contributed by atoms with Crippen LogP contribution in [-0.4, -0.2) is 48.2 Å². The minimum absolute atomic E-state index is 0.0251. The monoisotopic (exact) mass is 363 g/mol. The number of hydrogen-bond acceptors (Lipinski definition) is 3. The van der Waals surface area contributed by atoms with E-state index in [1.165, 1.54) is 10.9 Å². The van der Waals surface area contributed by atoms with Crippen LogP contribution in [0, 0.1) is 6.92 Å². The van der Waals surface area contributed by atoms with E-state index in [-0.39, 0.29) is 5.91 Å². The Balaban J connectivity index is 1.63. The lowest BCUT2D eigenvalue weighted by atomic mass is 10.2. The molecule has 0 spiro atoms. The van der Waals surface area contributed by atoms with E-state index < -0.39 is 0 Å². The van der Waals surface area contributed by atoms with Crippen molar-refractivity contribution in [3.8, 4) is 0 Å². The molecule has 1 fully saturated rings. The number of nitrogens with zero attached hydrogens (tertiary/aromatic N) is 2. The van der Waals surface area contributed by atoms with E-state index in [0.717, 1.165) is 36.5 Å². The van der Waals surface area contributed by atoms with Crippen LogP contribution in [0.1, 0.15) is 11.1 Å². The molecule has 27 heavy (non-hydrogen) atoms. The minimum atomic E-state index is 0.0251. The number of benzene rings is 2. The standard InChI is InChI=1S/C22H25N3O2/c1-17-19-9-5-6-10-20(19)25(15-18-7-3-2-4-8-18)22(17)23-21(26)16-24-11-13-27-14-12-24/h2-10H,11-16H2,1H3,(H,23,26). The van der Waals surface area contributed by atoms with Crippen molar-refractivity contribution in [1.29, 1.82) is 0 Å². The van der Waals surface area contributed by atoms with Crippen molar-refractivity contribution in [2.24, 2.45) is 0 Å². The van der Waals surface area contributed by atoms with Crippen LogP contribution in [0.2, 0.25) is 0 Å². The van der Waals surface area contributed by atoms with Crippen LogP contribution in [0.5, 0.6) is 0 Å². The van der Waals surface area contributed by atoms with E-state index in [1.807, 2.05) is 30.3 Å². The number of rotatable bonds is 5. The van der Waals surface area contributed by atoms with Crippen LogP contribution < -0.4 is 5.32 Å². The lowest BCUT2D eigenvalue weighted by molar-refractivity contribution is -0.118. The Labute approximate surface area is 159 Å². The number of hydrogen-bond donors (Lipinski definition) is 1. The summed E-state index contributed by atoms with van der Waals surface area (Å²) in [6.45, 7) is 6.20. The maximum atomic E-state index is 12.7. The third-order valence-electron chi connectivity index (χ3n) is 5.14. The van der Waals surface area contributed by atoms with Crippen LogP contribution in [0.15, 0.2) is 54.6 Å². The summed E-state index contributed by atoms with van der Waals surface area (Å²) in [7, 11) is 0. The molecule has 0 saturated carbocycles. The molecule has 4 rings (SSSR count). The molecule has 0 aliphatic carbocycles. The lowest BCUT2D eigenvalue weighted by Gasteiger charge is -2.26. The molecule has 0 unspecified atom stereocenters. The van der Waals surface area contributed by atoms with Crippen LogP contribution in [0.3, 0.4) is 0 Å². The summed E-state index contributed by atoms with van der Waals surface area (Å²) in [6.07, 6.45) is 0. The number of ether oxygens (including phenoxy) is 1. The average molecular weight is 363 g/mol. The fourth-order valence-corrected chi connectivity index (χ4v) is 3.70. The first kappa shape index (κ1) is 17.8. The molecule has 1 saturated heterocycles. The first-order chi connectivity index (χ1) is 13.2. The quantitative estimate of drug-likeness (QED) is 0.757. The van der Waals surface area contributed by atoms with Gasteiger partial charge in [0.15, 0.2) is 0 Å². The van der Waals surface area contributed by atoms with Crippen molar-refractivity contribution >= 4 is 22.6 Å². The number of morpholine rings is 1. The second-order valence-corrected chi connectivity index (χ2v) is 7.00. The van der Waals surface area contributed by atoms with Gasteiger partial charge in [-0.2, -0.15) is 0 Å². The fraction of sp³-hybridized carbons (Fsp3) is 0.318. The molecule has 0 bridgehead atoms. The third kappa shape index (κ3) is 3.89. The van der Waals surface area contributed by atoms with Gasteiger partial charge in [0.2, 0.25) is 5.91 Å². The van der Waals surface area contributed by atoms with Crippen LogP contribution in [0.25, 0.3) is 10.9 Å². The lowest BCUT2D eigenvalue weighted by Crippen LogP contribution is -2.41. The maximum Gasteiger partial charge on any atom is 0.239 e. The van der Waals surface area contributed by atoms with Crippen molar-refractivity contribution in [1.82, 2.24) is 9.47 Å². The molecule has 0 atom stereocenters. The number of nitrogens with one attached hydrogen (secondary N) is 1. The van der Waals surface area contributed by atoms with Gasteiger partial charge < -0.3 is 14.6 Å². The largest absolute Gasteiger partial charge is 0.379 e. The second kappa shape index (κ2) is 7.94. The first-order valence-corrected chi connectivity index (χ1v) is 9.44. The van der Waals surface area contributed by atoms with E-state index in [1.54, 1.807) is 0 Å². The summed E-state index contributed by atoms with van der Waals surface area (Å²) < 4.78 is 7.57. The molecule has 1 aliphatic rings. The summed E-state index contributed by atoms with van der Waals surface area (Å²) in [6, 6.07) is 18.7. The Morgan fingerprint density at radius 1 is 1.04 bits per heavy atom. The van der Waals surface area contributed by atoms with E-state index in [9.17, 15) is 4.79 Å². The van der Waals surface area contributed by atoms with E-state index in [2.05, 4.69) is 46.0 Å². The molecule has 2 aromatic carbocycles. The highest BCUT2D eigenvalue weighted by atomic mass is 16.5. The molecule has 5 heteroatoms. The van der Waals surface area contributed by atoms with Gasteiger partial charge in [-0.3, -0.25) is 9.69 Å². The molecule has 0 radical (unpaired) electrons. The number of anilines is 1. The Morgan fingerprint density at radius 3 is 2.52 bits per heavy atom. The first-order valence-electron chi connectivity index (χ1n) is 9.44. The van der Waals surface area contributed by atoms with E-state index in [4.69, 9.17) is 4.74 Å². The molecule has 2 heterocycles. The molecule has 5 nitrogen and oxygen atoms in total. The van der Waals surface area contributed by atoms with E-state index in [0.29, 0.717) is 19.8 Å². The highest BCUT2D eigenvalue weighted by Gasteiger charge is 2.19. The second-order valence-electron chi connectivity index (χ2n) is 7.00. The highest BCUT2D eigenvalue weighted by Crippen LogP contribution is 2.30. The van der Waals surface area contributed by atoms with Crippen LogP contribution in [-0.2, 0) is 16.1 Å². The SMILES string of the molecule is Cc1c(NC(=O)CN2CCOCC2)n(Cc2ccccc2)c2ccccc12. The van der Waals surface area contributed by atoms with Gasteiger partial charge in [0.1, 0.15) is 5.82 Å². The van der Waals surface area contributed by atoms with Gasteiger partial charge in [-0.05, 0) is 24.1 Å².